The van der Waals surface area contributed by atoms with E-state index in [2.05, 4.69) is 4.98 Å². The van der Waals surface area contributed by atoms with Gasteiger partial charge >= 0.3 is 0 Å². The maximum Gasteiger partial charge on any atom is 0.296 e. The normalized spacial score (nSPS) is 15.9. The van der Waals surface area contributed by atoms with Crippen molar-refractivity contribution in [2.75, 3.05) is 4.90 Å². The zero-order chi connectivity index (χ0) is 25.4. The van der Waals surface area contributed by atoms with Crippen molar-refractivity contribution in [2.24, 2.45) is 0 Å². The molecule has 4 aromatic rings. The van der Waals surface area contributed by atoms with Gasteiger partial charge in [0.1, 0.15) is 0 Å². The molecule has 0 saturated heterocycles. The van der Waals surface area contributed by atoms with Gasteiger partial charge in [0.15, 0.2) is 16.7 Å². The van der Waals surface area contributed by atoms with Crippen LogP contribution in [0.1, 0.15) is 22.7 Å². The Balaban J connectivity index is 1.61. The molecule has 1 unspecified atom stereocenters. The summed E-state index contributed by atoms with van der Waals surface area (Å²) in [6.07, 6.45) is 2.90. The second kappa shape index (κ2) is 9.20. The van der Waals surface area contributed by atoms with E-state index in [4.69, 9.17) is 0 Å². The van der Waals surface area contributed by atoms with Gasteiger partial charge in [-0.3, -0.25) is 24.6 Å². The second-order valence-corrected chi connectivity index (χ2v) is 9.27. The standard InChI is InChI=1S/C27H19N3O5S/c1-16-7-13-20-22(15-16)36-27(28-20)29-24(18-9-11-19(12-10-18)30(34)35)23(25(32)26(29)33)21(31)14-8-17-5-3-2-4-6-17/h2-15,24,32H,1H3/b14-8+. The largest absolute Gasteiger partial charge is 0.503 e. The molecule has 36 heavy (non-hydrogen) atoms. The maximum atomic E-state index is 13.3. The molecule has 8 nitrogen and oxygen atoms in total. The van der Waals surface area contributed by atoms with Gasteiger partial charge in [-0.25, -0.2) is 4.98 Å². The summed E-state index contributed by atoms with van der Waals surface area (Å²) in [6, 6.07) is 19.4. The van der Waals surface area contributed by atoms with Crippen LogP contribution in [0.2, 0.25) is 0 Å². The molecule has 0 spiro atoms. The average Bonchev–Trinajstić information content (AvgIpc) is 3.41. The fraction of sp³-hybridized carbons (Fsp3) is 0.0741. The maximum absolute atomic E-state index is 13.3. The Labute approximate surface area is 209 Å². The molecule has 178 valence electrons. The molecule has 0 aliphatic carbocycles. The Hall–Kier alpha value is -4.63. The number of non-ortho nitro benzene ring substituents is 1. The third kappa shape index (κ3) is 4.16. The molecule has 1 N–H and O–H groups in total. The predicted molar refractivity (Wildman–Crippen MR) is 138 cm³/mol. The lowest BCUT2D eigenvalue weighted by molar-refractivity contribution is -0.384. The van der Waals surface area contributed by atoms with Gasteiger partial charge in [-0.15, -0.1) is 0 Å². The number of ketones is 1. The summed E-state index contributed by atoms with van der Waals surface area (Å²) >= 11 is 1.26. The zero-order valence-corrected chi connectivity index (χ0v) is 19.8. The Morgan fingerprint density at radius 2 is 1.83 bits per heavy atom. The molecule has 1 aromatic heterocycles. The fourth-order valence-corrected chi connectivity index (χ4v) is 5.19. The number of aryl methyl sites for hydroxylation is 1. The SMILES string of the molecule is Cc1ccc2nc(N3C(=O)C(O)=C(C(=O)/C=C/c4ccccc4)C3c3ccc([N+](=O)[O-])cc3)sc2c1. The number of aliphatic hydroxyl groups excluding tert-OH is 1. The first kappa shape index (κ1) is 23.1. The lowest BCUT2D eigenvalue weighted by atomic mass is 9.95. The van der Waals surface area contributed by atoms with Gasteiger partial charge in [0, 0.05) is 12.1 Å². The van der Waals surface area contributed by atoms with Crippen LogP contribution in [0, 0.1) is 17.0 Å². The predicted octanol–water partition coefficient (Wildman–Crippen LogP) is 5.70. The number of nitro benzene ring substituents is 1. The lowest BCUT2D eigenvalue weighted by Gasteiger charge is -2.24. The number of carbonyl (C=O) groups is 2. The smallest absolute Gasteiger partial charge is 0.296 e. The number of amides is 1. The quantitative estimate of drug-likeness (QED) is 0.208. The van der Waals surface area contributed by atoms with Crippen molar-refractivity contribution < 1.29 is 19.6 Å². The van der Waals surface area contributed by atoms with Gasteiger partial charge in [-0.2, -0.15) is 0 Å². The third-order valence-electron chi connectivity index (χ3n) is 5.86. The first-order chi connectivity index (χ1) is 17.3. The number of aromatic nitrogens is 1. The summed E-state index contributed by atoms with van der Waals surface area (Å²) in [5, 5.41) is 22.3. The number of nitrogens with zero attached hydrogens (tertiary/aromatic N) is 3. The molecule has 1 amide bonds. The fourth-order valence-electron chi connectivity index (χ4n) is 4.10. The number of benzene rings is 3. The van der Waals surface area contributed by atoms with Crippen molar-refractivity contribution >= 4 is 50.1 Å². The molecular formula is C27H19N3O5S. The van der Waals surface area contributed by atoms with Gasteiger partial charge in [0.25, 0.3) is 11.6 Å². The first-order valence-corrected chi connectivity index (χ1v) is 11.8. The number of nitro groups is 1. The minimum atomic E-state index is -1.01. The van der Waals surface area contributed by atoms with E-state index in [1.807, 2.05) is 55.5 Å². The summed E-state index contributed by atoms with van der Waals surface area (Å²) < 4.78 is 0.850. The number of carbonyl (C=O) groups excluding carboxylic acids is 2. The van der Waals surface area contributed by atoms with Crippen LogP contribution < -0.4 is 4.90 Å². The van der Waals surface area contributed by atoms with E-state index < -0.39 is 28.4 Å². The second-order valence-electron chi connectivity index (χ2n) is 8.26. The number of hydrogen-bond acceptors (Lipinski definition) is 7. The molecule has 1 aliphatic rings. The van der Waals surface area contributed by atoms with Gasteiger partial charge in [0.05, 0.1) is 26.8 Å². The van der Waals surface area contributed by atoms with Crippen molar-refractivity contribution in [1.29, 1.82) is 0 Å². The molecule has 0 saturated carbocycles. The number of allylic oxidation sites excluding steroid dienone is 1. The Morgan fingerprint density at radius 1 is 1.11 bits per heavy atom. The van der Waals surface area contributed by atoms with Crippen LogP contribution in [0.25, 0.3) is 16.3 Å². The van der Waals surface area contributed by atoms with Crippen molar-refractivity contribution in [1.82, 2.24) is 4.98 Å². The Kier molecular flexibility index (Phi) is 5.91. The molecular weight excluding hydrogens is 478 g/mol. The number of thiazole rings is 1. The highest BCUT2D eigenvalue weighted by Crippen LogP contribution is 2.44. The van der Waals surface area contributed by atoms with E-state index in [1.165, 1.54) is 46.6 Å². The summed E-state index contributed by atoms with van der Waals surface area (Å²) in [5.41, 5.74) is 2.68. The Bertz CT molecular complexity index is 1570. The average molecular weight is 498 g/mol. The molecule has 2 heterocycles. The number of hydrogen-bond donors (Lipinski definition) is 1. The van der Waals surface area contributed by atoms with E-state index in [0.29, 0.717) is 16.2 Å². The molecule has 5 rings (SSSR count). The van der Waals surface area contributed by atoms with Crippen LogP contribution >= 0.6 is 11.3 Å². The molecule has 9 heteroatoms. The van der Waals surface area contributed by atoms with Gasteiger partial charge in [-0.05, 0) is 54.0 Å². The topological polar surface area (TPSA) is 114 Å². The lowest BCUT2D eigenvalue weighted by Crippen LogP contribution is -2.30. The summed E-state index contributed by atoms with van der Waals surface area (Å²) in [5.74, 6) is -1.98. The van der Waals surface area contributed by atoms with Crippen LogP contribution in [-0.2, 0) is 9.59 Å². The van der Waals surface area contributed by atoms with E-state index in [-0.39, 0.29) is 11.3 Å². The van der Waals surface area contributed by atoms with E-state index >= 15 is 0 Å². The number of fused-ring (bicyclic) bond motifs is 1. The van der Waals surface area contributed by atoms with E-state index in [0.717, 1.165) is 15.8 Å². The molecule has 0 fully saturated rings. The molecule has 1 aliphatic heterocycles. The number of rotatable bonds is 6. The molecule has 0 bridgehead atoms. The molecule has 1 atom stereocenters. The molecule has 3 aromatic carbocycles. The minimum Gasteiger partial charge on any atom is -0.503 e. The summed E-state index contributed by atoms with van der Waals surface area (Å²) in [6.45, 7) is 1.95. The van der Waals surface area contributed by atoms with Crippen molar-refractivity contribution in [3.63, 3.8) is 0 Å². The van der Waals surface area contributed by atoms with Crippen LogP contribution in [0.5, 0.6) is 0 Å². The van der Waals surface area contributed by atoms with Crippen LogP contribution in [-0.4, -0.2) is 26.7 Å². The summed E-state index contributed by atoms with van der Waals surface area (Å²) in [7, 11) is 0. The zero-order valence-electron chi connectivity index (χ0n) is 19.0. The highest BCUT2D eigenvalue weighted by atomic mass is 32.1. The Morgan fingerprint density at radius 3 is 2.53 bits per heavy atom. The van der Waals surface area contributed by atoms with Crippen molar-refractivity contribution in [2.45, 2.75) is 13.0 Å². The summed E-state index contributed by atoms with van der Waals surface area (Å²) in [4.78, 5) is 43.1. The first-order valence-electron chi connectivity index (χ1n) is 11.0. The highest BCUT2D eigenvalue weighted by molar-refractivity contribution is 7.22. The number of anilines is 1. The van der Waals surface area contributed by atoms with Crippen LogP contribution in [0.4, 0.5) is 10.8 Å². The minimum absolute atomic E-state index is 0.114. The van der Waals surface area contributed by atoms with E-state index in [9.17, 15) is 24.8 Å². The third-order valence-corrected chi connectivity index (χ3v) is 6.88. The van der Waals surface area contributed by atoms with Crippen molar-refractivity contribution in [3.05, 3.63) is 117 Å². The molecule has 0 radical (unpaired) electrons. The van der Waals surface area contributed by atoms with Crippen LogP contribution in [0.15, 0.2) is 90.2 Å². The van der Waals surface area contributed by atoms with Crippen LogP contribution in [0.3, 0.4) is 0 Å². The monoisotopic (exact) mass is 497 g/mol. The van der Waals surface area contributed by atoms with Gasteiger partial charge in [0.2, 0.25) is 0 Å². The number of aliphatic hydroxyl groups is 1. The van der Waals surface area contributed by atoms with Gasteiger partial charge < -0.3 is 5.11 Å². The van der Waals surface area contributed by atoms with Crippen molar-refractivity contribution in [3.8, 4) is 0 Å². The van der Waals surface area contributed by atoms with Gasteiger partial charge in [-0.1, -0.05) is 53.8 Å². The van der Waals surface area contributed by atoms with E-state index in [1.54, 1.807) is 6.08 Å². The highest BCUT2D eigenvalue weighted by Gasteiger charge is 2.45.